The number of para-hydroxylation sites is 6. The third-order valence-electron chi connectivity index (χ3n) is 25.1. The second-order valence-corrected chi connectivity index (χ2v) is 36.8. The van der Waals surface area contributed by atoms with Gasteiger partial charge in [-0.3, -0.25) is 37.9 Å². The van der Waals surface area contributed by atoms with E-state index in [0.717, 1.165) is 159 Å². The van der Waals surface area contributed by atoms with Gasteiger partial charge in [0, 0.05) is 97.3 Å². The smallest absolute Gasteiger partial charge is 0.394 e. The Hall–Kier alpha value is -13.0. The van der Waals surface area contributed by atoms with Crippen LogP contribution < -0.4 is 19.4 Å². The summed E-state index contributed by atoms with van der Waals surface area (Å²) < 4.78 is 48.8. The number of Topliss-reactive ketones (excluding diaryl/α,β-unsaturated/α-hetero) is 4. The van der Waals surface area contributed by atoms with E-state index in [9.17, 15) is 19.2 Å². The molecular weight excluding hydrogens is 1700 g/mol. The molecule has 3 aliphatic heterocycles. The second-order valence-electron chi connectivity index (χ2n) is 36.4. The standard InChI is InChI=1S/C28H33N5O2.2C27H31N5O2.C22H26ClN3O4/c1-5-32-26-16-21(12-13-22(26)18-29-32)27-17-23(19-35-28(3,4)20(2)34)30-33(27)25-11-7-6-10-24(25)31-14-8-9-15-31;1-19(33)27(2,3)34-18-22-16-26(20-11-12-21-17-28-30(4)25(21)15-20)32(29-22)24-10-6-5-9-23(24)31-13-7-8-14-31;1-5-31-25-15-20(11-12-21(25)17-28-31)26-16-22(18-34-27(3,4)19(2)33)29-32(26)24-10-7-6-9-23(24)30-13-8-14-30;1-14(2)29-21-24-11-20(30-21)19-10-17(13-28-22(4,5)15(3)27)25-26(19)12-16-8-6-7-9-18(16)23/h6-7,10-13,16-18H,5,8-9,14-15,19H2,1-4H3;5-6,9-12,15-17H,7-8,13-14,18H2,1-4H3;6-7,9-12,15-17H,5,8,13-14,18H2,1-4H3;6-11,14H,12-13H2,1-5H3. The van der Waals surface area contributed by atoms with Crippen molar-refractivity contribution in [3.05, 3.63) is 234 Å². The summed E-state index contributed by atoms with van der Waals surface area (Å²) in [6.45, 7) is 37.8. The molecule has 15 aromatic rings. The van der Waals surface area contributed by atoms with E-state index in [1.165, 1.54) is 56.1 Å². The van der Waals surface area contributed by atoms with Crippen LogP contribution in [0.5, 0.6) is 6.08 Å². The van der Waals surface area contributed by atoms with Gasteiger partial charge in [-0.1, -0.05) is 103 Å². The maximum Gasteiger partial charge on any atom is 0.394 e. The van der Waals surface area contributed by atoms with Gasteiger partial charge < -0.3 is 42.8 Å². The normalized spacial score (nSPS) is 13.6. The summed E-state index contributed by atoms with van der Waals surface area (Å²) in [7, 11) is 1.95. The molecule has 0 atom stereocenters. The van der Waals surface area contributed by atoms with E-state index in [1.54, 1.807) is 87.0 Å². The molecule has 28 nitrogen and oxygen atoms in total. The van der Waals surface area contributed by atoms with Gasteiger partial charge in [-0.05, 0) is 233 Å². The number of halogens is 1. The Balaban J connectivity index is 0.000000136. The Morgan fingerprint density at radius 3 is 1.10 bits per heavy atom. The highest BCUT2D eigenvalue weighted by Crippen LogP contribution is 2.40. The van der Waals surface area contributed by atoms with E-state index in [2.05, 4.69) is 200 Å². The zero-order chi connectivity index (χ0) is 94.2. The van der Waals surface area contributed by atoms with Crippen LogP contribution in [0.25, 0.3) is 95.0 Å². The number of aryl methyl sites for hydroxylation is 3. The lowest BCUT2D eigenvalue weighted by molar-refractivity contribution is -0.140. The maximum absolute atomic E-state index is 12.0. The van der Waals surface area contributed by atoms with Crippen LogP contribution in [0.3, 0.4) is 0 Å². The van der Waals surface area contributed by atoms with Gasteiger partial charge in [0.25, 0.3) is 0 Å². The Kier molecular flexibility index (Phi) is 28.9. The summed E-state index contributed by atoms with van der Waals surface area (Å²) in [6.07, 6.45) is 13.5. The monoisotopic (exact) mass is 1820 g/mol. The number of ether oxygens (including phenoxy) is 5. The Bertz CT molecular complexity index is 6650. The first-order chi connectivity index (χ1) is 63.7. The molecule has 3 saturated heterocycles. The molecule has 0 radical (unpaired) electrons. The minimum Gasteiger partial charge on any atom is -0.447 e. The van der Waals surface area contributed by atoms with Gasteiger partial charge in [0.1, 0.15) is 28.1 Å². The van der Waals surface area contributed by atoms with Crippen LogP contribution in [0.15, 0.2) is 205 Å². The zero-order valence-electron chi connectivity index (χ0n) is 79.4. The maximum atomic E-state index is 12.0. The summed E-state index contributed by atoms with van der Waals surface area (Å²) in [5, 5.41) is 37.0. The predicted octanol–water partition coefficient (Wildman–Crippen LogP) is 20.2. The molecule has 133 heavy (non-hydrogen) atoms. The topological polar surface area (TPSA) is 275 Å². The fourth-order valence-corrected chi connectivity index (χ4v) is 16.0. The average molecular weight is 1820 g/mol. The van der Waals surface area contributed by atoms with Crippen molar-refractivity contribution in [2.45, 2.75) is 217 Å². The molecule has 0 spiro atoms. The molecule has 18 rings (SSSR count). The van der Waals surface area contributed by atoms with Crippen molar-refractivity contribution in [1.29, 1.82) is 0 Å². The van der Waals surface area contributed by atoms with Crippen molar-refractivity contribution >= 4 is 84.5 Å². The van der Waals surface area contributed by atoms with Crippen molar-refractivity contribution in [3.8, 4) is 68.4 Å². The molecule has 0 N–H and O–H groups in total. The SMILES string of the molecule is CC(=O)C(C)(C)OCc1cc(-c2ccc3cnn(C)c3c2)n(-c2ccccc2N2CCCC2)n1.CC(=O)C(C)(C)OCc1cc(-c2cnc(OC(C)C)o2)n(Cc2ccccc2Cl)n1.CCn1ncc2ccc(-c3cc(COC(C)(C)C(C)=O)nn3-c3ccccc3N3CCC3)cc21.CCn1ncc2ccc(-c3cc(COC(C)(C)C(C)=O)nn3-c3ccccc3N3CCCC3)cc21. The minimum absolute atomic E-state index is 0.00480. The Morgan fingerprint density at radius 1 is 0.398 bits per heavy atom. The zero-order valence-corrected chi connectivity index (χ0v) is 80.1. The number of benzene rings is 7. The van der Waals surface area contributed by atoms with E-state index in [0.29, 0.717) is 28.7 Å². The third kappa shape index (κ3) is 21.7. The Labute approximate surface area is 781 Å². The number of nitrogens with zero attached hydrogens (tertiary/aromatic N) is 18. The first-order valence-corrected chi connectivity index (χ1v) is 46.3. The van der Waals surface area contributed by atoms with Crippen molar-refractivity contribution < 1.29 is 47.3 Å². The number of anilines is 3. The molecule has 29 heteroatoms. The van der Waals surface area contributed by atoms with Crippen molar-refractivity contribution in [2.24, 2.45) is 7.05 Å². The lowest BCUT2D eigenvalue weighted by atomic mass is 10.1. The summed E-state index contributed by atoms with van der Waals surface area (Å²) in [6, 6.07) is 60.1. The van der Waals surface area contributed by atoms with Crippen LogP contribution in [-0.4, -0.2) is 164 Å². The van der Waals surface area contributed by atoms with Crippen LogP contribution in [0, 0.1) is 0 Å². The van der Waals surface area contributed by atoms with Gasteiger partial charge in [0.15, 0.2) is 28.9 Å². The van der Waals surface area contributed by atoms with Gasteiger partial charge in [-0.2, -0.15) is 40.7 Å². The second kappa shape index (κ2) is 40.6. The number of carbonyl (C=O) groups is 4. The quantitative estimate of drug-likeness (QED) is 0.0379. The first kappa shape index (κ1) is 94.6. The number of ketones is 4. The number of hydrogen-bond donors (Lipinski definition) is 0. The van der Waals surface area contributed by atoms with Crippen LogP contribution in [0.2, 0.25) is 5.02 Å². The van der Waals surface area contributed by atoms with Crippen molar-refractivity contribution in [1.82, 2.24) is 73.4 Å². The summed E-state index contributed by atoms with van der Waals surface area (Å²) in [4.78, 5) is 59.1. The average Bonchev–Trinajstić information content (AvgIpc) is 1.65. The van der Waals surface area contributed by atoms with E-state index in [-0.39, 0.29) is 61.7 Å². The van der Waals surface area contributed by atoms with Crippen molar-refractivity contribution in [2.75, 3.05) is 54.0 Å². The molecule has 3 fully saturated rings. The lowest BCUT2D eigenvalue weighted by Gasteiger charge is -2.34. The molecule has 694 valence electrons. The summed E-state index contributed by atoms with van der Waals surface area (Å²) in [5.74, 6) is 0.447. The first-order valence-electron chi connectivity index (χ1n) is 45.9. The highest BCUT2D eigenvalue weighted by molar-refractivity contribution is 6.31. The molecule has 3 aliphatic rings. The van der Waals surface area contributed by atoms with E-state index in [4.69, 9.17) is 55.0 Å². The van der Waals surface area contributed by atoms with Crippen molar-refractivity contribution in [3.63, 3.8) is 0 Å². The highest BCUT2D eigenvalue weighted by atomic mass is 35.5. The van der Waals surface area contributed by atoms with Gasteiger partial charge in [0.2, 0.25) is 0 Å². The lowest BCUT2D eigenvalue weighted by Crippen LogP contribution is -2.37. The van der Waals surface area contributed by atoms with E-state index >= 15 is 0 Å². The fraction of sp³-hybridized carbons (Fsp3) is 0.385. The van der Waals surface area contributed by atoms with Crippen LogP contribution in [0.1, 0.15) is 171 Å². The number of aromatic nitrogens is 15. The Morgan fingerprint density at radius 2 is 0.737 bits per heavy atom. The van der Waals surface area contributed by atoms with Gasteiger partial charge >= 0.3 is 6.08 Å². The van der Waals surface area contributed by atoms with Crippen LogP contribution in [-0.2, 0) is 91.2 Å². The van der Waals surface area contributed by atoms with Gasteiger partial charge in [-0.15, -0.1) is 0 Å². The fourth-order valence-electron chi connectivity index (χ4n) is 15.8. The van der Waals surface area contributed by atoms with Gasteiger partial charge in [-0.25, -0.2) is 14.0 Å². The summed E-state index contributed by atoms with van der Waals surface area (Å²) in [5.41, 5.74) is 17.2. The largest absolute Gasteiger partial charge is 0.447 e. The van der Waals surface area contributed by atoms with Gasteiger partial charge in [0.05, 0.1) is 154 Å². The number of rotatable bonds is 32. The molecule has 7 aromatic carbocycles. The molecular formula is C104H121ClN18O10. The summed E-state index contributed by atoms with van der Waals surface area (Å²) >= 11 is 6.34. The number of fused-ring (bicyclic) bond motifs is 3. The van der Waals surface area contributed by atoms with Crippen LogP contribution in [0.4, 0.5) is 17.1 Å². The van der Waals surface area contributed by atoms with E-state index < -0.39 is 22.4 Å². The van der Waals surface area contributed by atoms with Crippen LogP contribution >= 0.6 is 11.6 Å². The van der Waals surface area contributed by atoms with E-state index in [1.807, 2.05) is 97.9 Å². The predicted molar refractivity (Wildman–Crippen MR) is 521 cm³/mol. The number of hydrogen-bond acceptors (Lipinski definition) is 21. The highest BCUT2D eigenvalue weighted by Gasteiger charge is 2.32. The molecule has 0 amide bonds. The third-order valence-corrected chi connectivity index (χ3v) is 25.5. The molecule has 8 aromatic heterocycles. The number of oxazole rings is 1. The minimum atomic E-state index is -0.892. The number of carbonyl (C=O) groups excluding carboxylic acids is 4. The molecule has 0 saturated carbocycles. The molecule has 0 bridgehead atoms. The molecule has 0 aliphatic carbocycles. The molecule has 11 heterocycles. The molecule has 0 unspecified atom stereocenters.